The second-order valence-corrected chi connectivity index (χ2v) is 5.75. The smallest absolute Gasteiger partial charge is 0.261 e. The highest BCUT2D eigenvalue weighted by Crippen LogP contribution is 2.28. The SMILES string of the molecule is Cc1cccc(-c2ccc(C(=O)NC(C)C)s2)c1. The van der Waals surface area contributed by atoms with Gasteiger partial charge in [0.1, 0.15) is 0 Å². The second-order valence-electron chi connectivity index (χ2n) is 4.66. The zero-order valence-corrected chi connectivity index (χ0v) is 11.7. The Morgan fingerprint density at radius 2 is 2.00 bits per heavy atom. The number of hydrogen-bond donors (Lipinski definition) is 1. The molecular weight excluding hydrogens is 242 g/mol. The Kier molecular flexibility index (Phi) is 3.82. The van der Waals surface area contributed by atoms with Gasteiger partial charge in [0.05, 0.1) is 4.88 Å². The Balaban J connectivity index is 2.23. The predicted molar refractivity (Wildman–Crippen MR) is 77.1 cm³/mol. The first-order chi connectivity index (χ1) is 8.56. The molecule has 0 aliphatic rings. The summed E-state index contributed by atoms with van der Waals surface area (Å²) in [4.78, 5) is 13.8. The van der Waals surface area contributed by atoms with Crippen molar-refractivity contribution in [3.8, 4) is 10.4 Å². The Labute approximate surface area is 112 Å². The van der Waals surface area contributed by atoms with Crippen LogP contribution in [0.1, 0.15) is 29.1 Å². The standard InChI is InChI=1S/C15H17NOS/c1-10(2)16-15(17)14-8-7-13(18-14)12-6-4-5-11(3)9-12/h4-10H,1-3H3,(H,16,17). The van der Waals surface area contributed by atoms with Gasteiger partial charge in [0.25, 0.3) is 5.91 Å². The quantitative estimate of drug-likeness (QED) is 0.891. The van der Waals surface area contributed by atoms with Crippen LogP contribution in [0.4, 0.5) is 0 Å². The van der Waals surface area contributed by atoms with Crippen LogP contribution in [0.5, 0.6) is 0 Å². The zero-order chi connectivity index (χ0) is 13.1. The summed E-state index contributed by atoms with van der Waals surface area (Å²) >= 11 is 1.53. The van der Waals surface area contributed by atoms with E-state index in [2.05, 4.69) is 30.4 Å². The molecule has 94 valence electrons. The van der Waals surface area contributed by atoms with Crippen molar-refractivity contribution in [3.63, 3.8) is 0 Å². The van der Waals surface area contributed by atoms with Gasteiger partial charge in [0.2, 0.25) is 0 Å². The van der Waals surface area contributed by atoms with Crippen molar-refractivity contribution in [2.45, 2.75) is 26.8 Å². The largest absolute Gasteiger partial charge is 0.349 e. The van der Waals surface area contributed by atoms with Crippen LogP contribution < -0.4 is 5.32 Å². The number of rotatable bonds is 3. The summed E-state index contributed by atoms with van der Waals surface area (Å²) < 4.78 is 0. The van der Waals surface area contributed by atoms with E-state index in [-0.39, 0.29) is 11.9 Å². The molecule has 0 saturated carbocycles. The molecule has 1 aromatic carbocycles. The molecule has 2 nitrogen and oxygen atoms in total. The zero-order valence-electron chi connectivity index (χ0n) is 10.9. The fourth-order valence-corrected chi connectivity index (χ4v) is 2.65. The highest BCUT2D eigenvalue weighted by atomic mass is 32.1. The molecular formula is C15H17NOS. The van der Waals surface area contributed by atoms with Crippen molar-refractivity contribution in [2.24, 2.45) is 0 Å². The van der Waals surface area contributed by atoms with Crippen LogP contribution in [-0.4, -0.2) is 11.9 Å². The monoisotopic (exact) mass is 259 g/mol. The molecule has 18 heavy (non-hydrogen) atoms. The van der Waals surface area contributed by atoms with E-state index in [0.717, 1.165) is 9.75 Å². The normalized spacial score (nSPS) is 10.7. The summed E-state index contributed by atoms with van der Waals surface area (Å²) in [5.41, 5.74) is 2.40. The Morgan fingerprint density at radius 1 is 1.22 bits per heavy atom. The average Bonchev–Trinajstić information content (AvgIpc) is 2.77. The molecule has 0 atom stereocenters. The van der Waals surface area contributed by atoms with Crippen LogP contribution in [-0.2, 0) is 0 Å². The molecule has 1 heterocycles. The van der Waals surface area contributed by atoms with Gasteiger partial charge < -0.3 is 5.32 Å². The average molecular weight is 259 g/mol. The molecule has 0 aliphatic heterocycles. The molecule has 0 fully saturated rings. The van der Waals surface area contributed by atoms with Gasteiger partial charge in [0, 0.05) is 10.9 Å². The lowest BCUT2D eigenvalue weighted by Crippen LogP contribution is -2.29. The Hall–Kier alpha value is -1.61. The summed E-state index contributed by atoms with van der Waals surface area (Å²) in [6.07, 6.45) is 0. The Bertz CT molecular complexity index is 557. The summed E-state index contributed by atoms with van der Waals surface area (Å²) in [6.45, 7) is 6.00. The van der Waals surface area contributed by atoms with Gasteiger partial charge in [-0.15, -0.1) is 11.3 Å². The second kappa shape index (κ2) is 5.36. The molecule has 0 spiro atoms. The molecule has 0 aliphatic carbocycles. The molecule has 1 aromatic heterocycles. The molecule has 1 amide bonds. The highest BCUT2D eigenvalue weighted by molar-refractivity contribution is 7.17. The van der Waals surface area contributed by atoms with Crippen LogP contribution >= 0.6 is 11.3 Å². The first-order valence-electron chi connectivity index (χ1n) is 6.04. The number of amides is 1. The van der Waals surface area contributed by atoms with Gasteiger partial charge in [-0.2, -0.15) is 0 Å². The molecule has 2 aromatic rings. The van der Waals surface area contributed by atoms with Crippen molar-refractivity contribution in [2.75, 3.05) is 0 Å². The maximum absolute atomic E-state index is 11.9. The number of thiophene rings is 1. The van der Waals surface area contributed by atoms with Gasteiger partial charge >= 0.3 is 0 Å². The lowest BCUT2D eigenvalue weighted by molar-refractivity contribution is 0.0947. The third-order valence-corrected chi connectivity index (χ3v) is 3.69. The number of benzene rings is 1. The lowest BCUT2D eigenvalue weighted by atomic mass is 10.1. The van der Waals surface area contributed by atoms with Crippen LogP contribution in [0, 0.1) is 6.92 Å². The minimum atomic E-state index is 0.00824. The molecule has 0 radical (unpaired) electrons. The Morgan fingerprint density at radius 3 is 2.67 bits per heavy atom. The summed E-state index contributed by atoms with van der Waals surface area (Å²) in [5, 5.41) is 2.91. The van der Waals surface area contributed by atoms with Gasteiger partial charge in [0.15, 0.2) is 0 Å². The van der Waals surface area contributed by atoms with Gasteiger partial charge in [-0.3, -0.25) is 4.79 Å². The van der Waals surface area contributed by atoms with E-state index < -0.39 is 0 Å². The van der Waals surface area contributed by atoms with E-state index >= 15 is 0 Å². The first kappa shape index (κ1) is 12.8. The third-order valence-electron chi connectivity index (χ3n) is 2.55. The summed E-state index contributed by atoms with van der Waals surface area (Å²) in [5.74, 6) is 0.00824. The fourth-order valence-electron chi connectivity index (χ4n) is 1.75. The maximum Gasteiger partial charge on any atom is 0.261 e. The van der Waals surface area contributed by atoms with E-state index in [0.29, 0.717) is 0 Å². The van der Waals surface area contributed by atoms with Gasteiger partial charge in [-0.25, -0.2) is 0 Å². The van der Waals surface area contributed by atoms with E-state index in [9.17, 15) is 4.79 Å². The molecule has 0 bridgehead atoms. The number of hydrogen-bond acceptors (Lipinski definition) is 2. The van der Waals surface area contributed by atoms with Crippen LogP contribution in [0.25, 0.3) is 10.4 Å². The number of carbonyl (C=O) groups excluding carboxylic acids is 1. The molecule has 2 rings (SSSR count). The maximum atomic E-state index is 11.9. The molecule has 1 N–H and O–H groups in total. The summed E-state index contributed by atoms with van der Waals surface area (Å²) in [6, 6.07) is 12.4. The fraction of sp³-hybridized carbons (Fsp3) is 0.267. The highest BCUT2D eigenvalue weighted by Gasteiger charge is 2.10. The van der Waals surface area contributed by atoms with Gasteiger partial charge in [-0.05, 0) is 38.5 Å². The van der Waals surface area contributed by atoms with Crippen LogP contribution in [0.2, 0.25) is 0 Å². The van der Waals surface area contributed by atoms with Crippen molar-refractivity contribution < 1.29 is 4.79 Å². The van der Waals surface area contributed by atoms with Crippen LogP contribution in [0.15, 0.2) is 36.4 Å². The van der Waals surface area contributed by atoms with E-state index in [1.807, 2.05) is 32.0 Å². The van der Waals surface area contributed by atoms with Crippen LogP contribution in [0.3, 0.4) is 0 Å². The lowest BCUT2D eigenvalue weighted by Gasteiger charge is -2.05. The van der Waals surface area contributed by atoms with Crippen molar-refractivity contribution in [3.05, 3.63) is 46.8 Å². The van der Waals surface area contributed by atoms with Crippen molar-refractivity contribution in [1.29, 1.82) is 0 Å². The van der Waals surface area contributed by atoms with Crippen molar-refractivity contribution in [1.82, 2.24) is 5.32 Å². The molecule has 0 saturated heterocycles. The molecule has 0 unspecified atom stereocenters. The minimum Gasteiger partial charge on any atom is -0.349 e. The van der Waals surface area contributed by atoms with E-state index in [4.69, 9.17) is 0 Å². The predicted octanol–water partition coefficient (Wildman–Crippen LogP) is 3.86. The molecule has 3 heteroatoms. The van der Waals surface area contributed by atoms with Crippen molar-refractivity contribution >= 4 is 17.2 Å². The number of carbonyl (C=O) groups is 1. The van der Waals surface area contributed by atoms with Gasteiger partial charge in [-0.1, -0.05) is 29.8 Å². The summed E-state index contributed by atoms with van der Waals surface area (Å²) in [7, 11) is 0. The number of nitrogens with one attached hydrogen (secondary N) is 1. The third kappa shape index (κ3) is 2.99. The van der Waals surface area contributed by atoms with E-state index in [1.54, 1.807) is 0 Å². The minimum absolute atomic E-state index is 0.00824. The topological polar surface area (TPSA) is 29.1 Å². The number of aryl methyl sites for hydroxylation is 1. The first-order valence-corrected chi connectivity index (χ1v) is 6.85. The van der Waals surface area contributed by atoms with E-state index in [1.165, 1.54) is 22.5 Å².